The molecule has 0 aliphatic carbocycles. The van der Waals surface area contributed by atoms with Gasteiger partial charge in [0.15, 0.2) is 0 Å². The maximum atomic E-state index is 13.1. The van der Waals surface area contributed by atoms with Gasteiger partial charge in [-0.3, -0.25) is 4.79 Å². The Labute approximate surface area is 182 Å². The van der Waals surface area contributed by atoms with Crippen LogP contribution in [0.3, 0.4) is 0 Å². The minimum atomic E-state index is -0.275. The van der Waals surface area contributed by atoms with E-state index >= 15 is 0 Å². The Morgan fingerprint density at radius 2 is 1.81 bits per heavy atom. The maximum absolute atomic E-state index is 13.1. The molecule has 0 saturated carbocycles. The number of rotatable bonds is 6. The quantitative estimate of drug-likeness (QED) is 0.704. The van der Waals surface area contributed by atoms with Crippen molar-refractivity contribution in [3.63, 3.8) is 0 Å². The number of fused-ring (bicyclic) bond motifs is 2. The highest BCUT2D eigenvalue weighted by atomic mass is 16.5. The lowest BCUT2D eigenvalue weighted by Crippen LogP contribution is -2.34. The van der Waals surface area contributed by atoms with Crippen molar-refractivity contribution in [1.82, 2.24) is 4.90 Å². The number of nitrogens with two attached hydrogens (primary N) is 1. The largest absolute Gasteiger partial charge is 0.457 e. The molecule has 0 bridgehead atoms. The number of benzene rings is 2. The molecule has 0 aromatic heterocycles. The van der Waals surface area contributed by atoms with Gasteiger partial charge in [0, 0.05) is 36.2 Å². The molecule has 2 aliphatic rings. The molecule has 0 fully saturated rings. The number of aliphatic imine (C=N–C) groups is 1. The molecule has 2 heterocycles. The molecule has 2 aromatic rings. The highest BCUT2D eigenvalue weighted by Crippen LogP contribution is 2.33. The summed E-state index contributed by atoms with van der Waals surface area (Å²) >= 11 is 0. The molecule has 0 atom stereocenters. The van der Waals surface area contributed by atoms with Crippen molar-refractivity contribution in [2.75, 3.05) is 13.1 Å². The summed E-state index contributed by atoms with van der Waals surface area (Å²) in [5.74, 6) is 0.182. The van der Waals surface area contributed by atoms with Crippen molar-refractivity contribution in [2.45, 2.75) is 39.7 Å². The summed E-state index contributed by atoms with van der Waals surface area (Å²) in [6, 6.07) is 11.6. The smallest absolute Gasteiger partial charge is 0.338 e. The van der Waals surface area contributed by atoms with Gasteiger partial charge < -0.3 is 15.4 Å². The highest BCUT2D eigenvalue weighted by Gasteiger charge is 2.23. The van der Waals surface area contributed by atoms with Crippen LogP contribution in [-0.4, -0.2) is 35.7 Å². The Morgan fingerprint density at radius 3 is 2.55 bits per heavy atom. The van der Waals surface area contributed by atoms with Crippen LogP contribution in [0.5, 0.6) is 0 Å². The van der Waals surface area contributed by atoms with Crippen molar-refractivity contribution in [3.8, 4) is 11.1 Å². The van der Waals surface area contributed by atoms with E-state index in [0.717, 1.165) is 53.9 Å². The summed E-state index contributed by atoms with van der Waals surface area (Å²) < 4.78 is 5.10. The number of amides is 1. The molecule has 4 rings (SSSR count). The molecular weight excluding hydrogens is 390 g/mol. The lowest BCUT2D eigenvalue weighted by molar-refractivity contribution is -0.127. The third-order valence-electron chi connectivity index (χ3n) is 5.56. The number of hydrogen-bond acceptors (Lipinski definition) is 5. The van der Waals surface area contributed by atoms with Crippen LogP contribution in [0.2, 0.25) is 0 Å². The first-order chi connectivity index (χ1) is 15.0. The number of carbonyl (C=O) groups is 2. The molecule has 0 unspecified atom stereocenters. The van der Waals surface area contributed by atoms with Gasteiger partial charge >= 0.3 is 5.97 Å². The average Bonchev–Trinajstić information content (AvgIpc) is 3.04. The number of carbonyl (C=O) groups excluding carboxylic acids is 2. The zero-order valence-electron chi connectivity index (χ0n) is 18.0. The fourth-order valence-corrected chi connectivity index (χ4v) is 4.08. The van der Waals surface area contributed by atoms with Crippen LogP contribution in [0.4, 0.5) is 5.69 Å². The van der Waals surface area contributed by atoms with E-state index in [2.05, 4.69) is 18.8 Å². The van der Waals surface area contributed by atoms with E-state index in [1.54, 1.807) is 6.07 Å². The van der Waals surface area contributed by atoms with Gasteiger partial charge in [0.1, 0.15) is 12.4 Å². The predicted molar refractivity (Wildman–Crippen MR) is 122 cm³/mol. The standard InChI is InChI=1S/C25H27N3O3/c1-3-9-28(10-4-2)24(29)19-12-18-6-5-17(13-22(18)27-23(26)14-19)16-7-8-21-20(11-16)15-31-25(21)30/h5-8,11-13H,3-4,9-10,14-15H2,1-2H3,(H2,26,27). The summed E-state index contributed by atoms with van der Waals surface area (Å²) in [7, 11) is 0. The fourth-order valence-electron chi connectivity index (χ4n) is 4.08. The Bertz CT molecular complexity index is 1100. The van der Waals surface area contributed by atoms with E-state index < -0.39 is 0 Å². The number of ether oxygens (including phenoxy) is 1. The van der Waals surface area contributed by atoms with Crippen LogP contribution < -0.4 is 5.73 Å². The molecule has 0 spiro atoms. The minimum absolute atomic E-state index is 0.0297. The molecular formula is C25H27N3O3. The minimum Gasteiger partial charge on any atom is -0.457 e. The number of esters is 1. The Balaban J connectivity index is 1.68. The molecule has 2 aliphatic heterocycles. The lowest BCUT2D eigenvalue weighted by atomic mass is 9.98. The van der Waals surface area contributed by atoms with Gasteiger partial charge in [-0.1, -0.05) is 32.0 Å². The Hall–Kier alpha value is -3.41. The molecule has 0 radical (unpaired) electrons. The number of amidine groups is 1. The summed E-state index contributed by atoms with van der Waals surface area (Å²) in [5.41, 5.74) is 11.9. The predicted octanol–water partition coefficient (Wildman–Crippen LogP) is 4.45. The maximum Gasteiger partial charge on any atom is 0.338 e. The lowest BCUT2D eigenvalue weighted by Gasteiger charge is -2.22. The van der Waals surface area contributed by atoms with Gasteiger partial charge in [-0.2, -0.15) is 0 Å². The zero-order chi connectivity index (χ0) is 22.0. The molecule has 6 nitrogen and oxygen atoms in total. The van der Waals surface area contributed by atoms with Gasteiger partial charge in [0.25, 0.3) is 0 Å². The zero-order valence-corrected chi connectivity index (χ0v) is 18.0. The first kappa shape index (κ1) is 20.8. The van der Waals surface area contributed by atoms with Gasteiger partial charge in [-0.15, -0.1) is 0 Å². The van der Waals surface area contributed by atoms with Crippen LogP contribution >= 0.6 is 0 Å². The molecule has 0 saturated heterocycles. The second-order valence-corrected chi connectivity index (χ2v) is 7.96. The van der Waals surface area contributed by atoms with Gasteiger partial charge in [0.2, 0.25) is 5.91 Å². The van der Waals surface area contributed by atoms with Crippen molar-refractivity contribution in [1.29, 1.82) is 0 Å². The third kappa shape index (κ3) is 4.24. The number of nitrogens with zero attached hydrogens (tertiary/aromatic N) is 2. The van der Waals surface area contributed by atoms with E-state index in [4.69, 9.17) is 10.5 Å². The average molecular weight is 418 g/mol. The summed E-state index contributed by atoms with van der Waals surface area (Å²) in [6.07, 6.45) is 4.09. The second-order valence-electron chi connectivity index (χ2n) is 7.96. The first-order valence-corrected chi connectivity index (χ1v) is 10.8. The SMILES string of the molecule is CCCN(CCC)C(=O)C1=Cc2ccc(-c3ccc4c(c3)COC4=O)cc2N=C(N)C1. The second kappa shape index (κ2) is 8.76. The van der Waals surface area contributed by atoms with Gasteiger partial charge in [0.05, 0.1) is 11.3 Å². The normalized spacial score (nSPS) is 14.7. The first-order valence-electron chi connectivity index (χ1n) is 10.8. The Morgan fingerprint density at radius 1 is 1.10 bits per heavy atom. The van der Waals surface area contributed by atoms with Crippen LogP contribution in [-0.2, 0) is 16.1 Å². The molecule has 1 amide bonds. The molecule has 160 valence electrons. The van der Waals surface area contributed by atoms with Crippen molar-refractivity contribution in [2.24, 2.45) is 10.7 Å². The van der Waals surface area contributed by atoms with E-state index in [9.17, 15) is 9.59 Å². The summed E-state index contributed by atoms with van der Waals surface area (Å²) in [4.78, 5) is 31.3. The van der Waals surface area contributed by atoms with Crippen molar-refractivity contribution < 1.29 is 14.3 Å². The van der Waals surface area contributed by atoms with Crippen LogP contribution in [0, 0.1) is 0 Å². The van der Waals surface area contributed by atoms with Gasteiger partial charge in [-0.25, -0.2) is 9.79 Å². The van der Waals surface area contributed by atoms with Crippen molar-refractivity contribution in [3.05, 3.63) is 58.7 Å². The van der Waals surface area contributed by atoms with E-state index in [0.29, 0.717) is 30.0 Å². The monoisotopic (exact) mass is 417 g/mol. The van der Waals surface area contributed by atoms with Crippen LogP contribution in [0.15, 0.2) is 47.0 Å². The molecule has 31 heavy (non-hydrogen) atoms. The topological polar surface area (TPSA) is 85.0 Å². The highest BCUT2D eigenvalue weighted by molar-refractivity contribution is 6.05. The van der Waals surface area contributed by atoms with E-state index in [1.807, 2.05) is 41.3 Å². The fraction of sp³-hybridized carbons (Fsp3) is 0.320. The Kier molecular flexibility index (Phi) is 5.89. The molecule has 6 heteroatoms. The van der Waals surface area contributed by atoms with Gasteiger partial charge in [-0.05, 0) is 48.2 Å². The molecule has 2 N–H and O–H groups in total. The summed E-state index contributed by atoms with van der Waals surface area (Å²) in [5, 5.41) is 0. The third-order valence-corrected chi connectivity index (χ3v) is 5.56. The summed E-state index contributed by atoms with van der Waals surface area (Å²) in [6.45, 7) is 5.92. The van der Waals surface area contributed by atoms with Crippen LogP contribution in [0.1, 0.15) is 54.6 Å². The number of cyclic esters (lactones) is 1. The van der Waals surface area contributed by atoms with E-state index in [1.165, 1.54) is 0 Å². The van der Waals surface area contributed by atoms with Crippen LogP contribution in [0.25, 0.3) is 17.2 Å². The van der Waals surface area contributed by atoms with Crippen molar-refractivity contribution >= 4 is 29.5 Å². The number of hydrogen-bond donors (Lipinski definition) is 1. The van der Waals surface area contributed by atoms with E-state index in [-0.39, 0.29) is 11.9 Å². The molecule has 2 aromatic carbocycles.